The molecule has 10 heteroatoms. The molecule has 0 bridgehead atoms. The number of hydrogen-bond acceptors (Lipinski definition) is 6. The number of nitro groups is 1. The van der Waals surface area contributed by atoms with Gasteiger partial charge in [0.15, 0.2) is 0 Å². The maximum Gasteiger partial charge on any atom is 0.418 e. The van der Waals surface area contributed by atoms with Crippen molar-refractivity contribution >= 4 is 23.0 Å². The molecule has 1 aromatic heterocycles. The van der Waals surface area contributed by atoms with Crippen molar-refractivity contribution < 1.29 is 18.1 Å². The van der Waals surface area contributed by atoms with Crippen molar-refractivity contribution in [3.63, 3.8) is 0 Å². The van der Waals surface area contributed by atoms with E-state index in [1.54, 1.807) is 0 Å². The fourth-order valence-electron chi connectivity index (χ4n) is 2.71. The molecule has 29 heavy (non-hydrogen) atoms. The Morgan fingerprint density at radius 2 is 1.62 bits per heavy atom. The minimum Gasteiger partial charge on any atom is -0.364 e. The third kappa shape index (κ3) is 4.98. The van der Waals surface area contributed by atoms with E-state index in [0.29, 0.717) is 13.0 Å². The van der Waals surface area contributed by atoms with E-state index in [9.17, 15) is 23.3 Å². The van der Waals surface area contributed by atoms with Crippen LogP contribution in [0.1, 0.15) is 11.1 Å². The van der Waals surface area contributed by atoms with Crippen LogP contribution >= 0.6 is 0 Å². The van der Waals surface area contributed by atoms with Gasteiger partial charge in [-0.3, -0.25) is 10.1 Å². The molecular weight excluding hydrogens is 387 g/mol. The van der Waals surface area contributed by atoms with Gasteiger partial charge >= 0.3 is 11.9 Å². The van der Waals surface area contributed by atoms with Gasteiger partial charge in [-0.1, -0.05) is 42.5 Å². The predicted octanol–water partition coefficient (Wildman–Crippen LogP) is 4.80. The van der Waals surface area contributed by atoms with Gasteiger partial charge in [0.1, 0.15) is 6.33 Å². The summed E-state index contributed by atoms with van der Waals surface area (Å²) < 4.78 is 39.6. The lowest BCUT2D eigenvalue weighted by atomic mass is 10.1. The van der Waals surface area contributed by atoms with Crippen LogP contribution in [0.5, 0.6) is 0 Å². The lowest BCUT2D eigenvalue weighted by Gasteiger charge is -2.14. The first-order valence-electron chi connectivity index (χ1n) is 8.56. The van der Waals surface area contributed by atoms with Crippen LogP contribution < -0.4 is 10.6 Å². The van der Waals surface area contributed by atoms with Gasteiger partial charge < -0.3 is 10.6 Å². The highest BCUT2D eigenvalue weighted by molar-refractivity contribution is 5.75. The number of hydrogen-bond donors (Lipinski definition) is 2. The summed E-state index contributed by atoms with van der Waals surface area (Å²) in [7, 11) is 0. The second kappa shape index (κ2) is 8.55. The maximum atomic E-state index is 13.2. The Balaban J connectivity index is 1.85. The first-order chi connectivity index (χ1) is 13.9. The van der Waals surface area contributed by atoms with E-state index in [4.69, 9.17) is 0 Å². The Kier molecular flexibility index (Phi) is 5.91. The summed E-state index contributed by atoms with van der Waals surface area (Å²) in [6, 6.07) is 14.1. The Morgan fingerprint density at radius 1 is 0.966 bits per heavy atom. The average Bonchev–Trinajstić information content (AvgIpc) is 2.68. The molecule has 7 nitrogen and oxygen atoms in total. The second-order valence-electron chi connectivity index (χ2n) is 6.01. The predicted molar refractivity (Wildman–Crippen MR) is 102 cm³/mol. The second-order valence-corrected chi connectivity index (χ2v) is 6.01. The van der Waals surface area contributed by atoms with Gasteiger partial charge in [-0.25, -0.2) is 9.97 Å². The Labute approximate surface area is 163 Å². The van der Waals surface area contributed by atoms with Crippen LogP contribution in [-0.2, 0) is 12.6 Å². The van der Waals surface area contributed by atoms with E-state index in [1.807, 2.05) is 30.3 Å². The molecular formula is C19H16F3N5O2. The lowest BCUT2D eigenvalue weighted by Crippen LogP contribution is -2.12. The van der Waals surface area contributed by atoms with Gasteiger partial charge in [0.25, 0.3) is 0 Å². The minimum absolute atomic E-state index is 0.0760. The van der Waals surface area contributed by atoms with Crippen LogP contribution in [0.4, 0.5) is 36.2 Å². The molecule has 2 N–H and O–H groups in total. The molecule has 150 valence electrons. The molecule has 0 radical (unpaired) electrons. The average molecular weight is 403 g/mol. The van der Waals surface area contributed by atoms with E-state index in [0.717, 1.165) is 18.0 Å². The zero-order valence-corrected chi connectivity index (χ0v) is 15.0. The third-order valence-electron chi connectivity index (χ3n) is 4.04. The van der Waals surface area contributed by atoms with E-state index >= 15 is 0 Å². The molecule has 3 aromatic rings. The highest BCUT2D eigenvalue weighted by Crippen LogP contribution is 2.38. The van der Waals surface area contributed by atoms with Crippen molar-refractivity contribution in [3.05, 3.63) is 82.2 Å². The van der Waals surface area contributed by atoms with Crippen molar-refractivity contribution in [2.45, 2.75) is 12.6 Å². The molecule has 1 heterocycles. The van der Waals surface area contributed by atoms with Gasteiger partial charge in [0, 0.05) is 6.54 Å². The van der Waals surface area contributed by atoms with Gasteiger partial charge in [-0.2, -0.15) is 13.2 Å². The molecule has 0 fully saturated rings. The Hall–Kier alpha value is -3.69. The molecule has 0 aliphatic rings. The van der Waals surface area contributed by atoms with Crippen LogP contribution in [0, 0.1) is 10.1 Å². The number of benzene rings is 2. The normalized spacial score (nSPS) is 11.1. The molecule has 0 atom stereocenters. The molecule has 0 spiro atoms. The fraction of sp³-hybridized carbons (Fsp3) is 0.158. The summed E-state index contributed by atoms with van der Waals surface area (Å²) in [6.45, 7) is 0.348. The van der Waals surface area contributed by atoms with Crippen LogP contribution in [-0.4, -0.2) is 21.4 Å². The molecule has 0 saturated heterocycles. The zero-order valence-electron chi connectivity index (χ0n) is 15.0. The number of rotatable bonds is 7. The summed E-state index contributed by atoms with van der Waals surface area (Å²) >= 11 is 0. The number of halogens is 3. The smallest absolute Gasteiger partial charge is 0.364 e. The van der Waals surface area contributed by atoms with Crippen LogP contribution in [0.3, 0.4) is 0 Å². The molecule has 0 saturated carbocycles. The monoisotopic (exact) mass is 403 g/mol. The summed E-state index contributed by atoms with van der Waals surface area (Å²) in [5.41, 5.74) is -0.796. The molecule has 0 aliphatic heterocycles. The summed E-state index contributed by atoms with van der Waals surface area (Å²) in [4.78, 5) is 18.5. The minimum atomic E-state index is -4.62. The highest BCUT2D eigenvalue weighted by atomic mass is 19.4. The molecule has 0 unspecified atom stereocenters. The van der Waals surface area contributed by atoms with Gasteiger partial charge in [-0.15, -0.1) is 0 Å². The summed E-state index contributed by atoms with van der Waals surface area (Å²) in [5.74, 6) is -0.406. The maximum absolute atomic E-state index is 13.2. The first-order valence-corrected chi connectivity index (χ1v) is 8.56. The van der Waals surface area contributed by atoms with Crippen molar-refractivity contribution in [2.75, 3.05) is 17.2 Å². The van der Waals surface area contributed by atoms with E-state index < -0.39 is 22.4 Å². The summed E-state index contributed by atoms with van der Waals surface area (Å²) in [5, 5.41) is 16.9. The summed E-state index contributed by atoms with van der Waals surface area (Å²) in [6.07, 6.45) is -2.99. The molecule has 2 aromatic carbocycles. The quantitative estimate of drug-likeness (QED) is 0.435. The first kappa shape index (κ1) is 20.1. The van der Waals surface area contributed by atoms with Crippen molar-refractivity contribution in [1.29, 1.82) is 0 Å². The topological polar surface area (TPSA) is 93.0 Å². The number of nitrogens with zero attached hydrogens (tertiary/aromatic N) is 3. The van der Waals surface area contributed by atoms with E-state index in [2.05, 4.69) is 20.6 Å². The Morgan fingerprint density at radius 3 is 2.31 bits per heavy atom. The largest absolute Gasteiger partial charge is 0.418 e. The zero-order chi connectivity index (χ0) is 20.9. The van der Waals surface area contributed by atoms with Crippen molar-refractivity contribution in [3.8, 4) is 0 Å². The van der Waals surface area contributed by atoms with Crippen LogP contribution in [0.15, 0.2) is 60.9 Å². The number of nitrogens with one attached hydrogen (secondary N) is 2. The number of aromatic nitrogens is 2. The lowest BCUT2D eigenvalue weighted by molar-refractivity contribution is -0.383. The van der Waals surface area contributed by atoms with E-state index in [1.165, 1.54) is 18.2 Å². The number of para-hydroxylation sites is 1. The third-order valence-corrected chi connectivity index (χ3v) is 4.04. The van der Waals surface area contributed by atoms with Crippen LogP contribution in [0.25, 0.3) is 0 Å². The van der Waals surface area contributed by atoms with Gasteiger partial charge in [0.05, 0.1) is 16.2 Å². The standard InChI is InChI=1S/C19H16F3N5O2/c20-19(21,22)14-8-4-5-9-15(14)26-18-16(27(28)29)17(24-12-25-18)23-11-10-13-6-2-1-3-7-13/h1-9,12H,10-11H2,(H2,23,24,25,26). The SMILES string of the molecule is O=[N+]([O-])c1c(NCCc2ccccc2)ncnc1Nc1ccccc1C(F)(F)F. The molecule has 3 rings (SSSR count). The van der Waals surface area contributed by atoms with Crippen molar-refractivity contribution in [2.24, 2.45) is 0 Å². The van der Waals surface area contributed by atoms with Gasteiger partial charge in [-0.05, 0) is 24.1 Å². The number of alkyl halides is 3. The Bertz CT molecular complexity index is 997. The number of anilines is 3. The van der Waals surface area contributed by atoms with Gasteiger partial charge in [0.2, 0.25) is 11.6 Å². The fourth-order valence-corrected chi connectivity index (χ4v) is 2.71. The van der Waals surface area contributed by atoms with Crippen LogP contribution in [0.2, 0.25) is 0 Å². The molecule has 0 amide bonds. The van der Waals surface area contributed by atoms with E-state index in [-0.39, 0.29) is 17.3 Å². The molecule has 0 aliphatic carbocycles. The highest BCUT2D eigenvalue weighted by Gasteiger charge is 2.34. The van der Waals surface area contributed by atoms with Crippen molar-refractivity contribution in [1.82, 2.24) is 9.97 Å².